The topological polar surface area (TPSA) is 49.5 Å². The van der Waals surface area contributed by atoms with Gasteiger partial charge in [0.05, 0.1) is 24.2 Å². The Morgan fingerprint density at radius 2 is 2.32 bits per heavy atom. The Morgan fingerprint density at radius 3 is 2.89 bits per heavy atom. The quantitative estimate of drug-likeness (QED) is 0.491. The fraction of sp³-hybridized carbons (Fsp3) is 0.571. The van der Waals surface area contributed by atoms with E-state index in [1.54, 1.807) is 18.9 Å². The van der Waals surface area contributed by atoms with Crippen LogP contribution in [0.5, 0.6) is 0 Å². The first-order valence-corrected chi connectivity index (χ1v) is 10.7. The zero-order valence-electron chi connectivity index (χ0n) is 17.3. The molecule has 2 rings (SSSR count). The van der Waals surface area contributed by atoms with E-state index in [4.69, 9.17) is 9.73 Å². The third-order valence-electron chi connectivity index (χ3n) is 4.77. The van der Waals surface area contributed by atoms with Crippen LogP contribution in [0.25, 0.3) is 0 Å². The molecule has 28 heavy (non-hydrogen) atoms. The van der Waals surface area contributed by atoms with E-state index in [9.17, 15) is 4.39 Å². The second kappa shape index (κ2) is 11.3. The Bertz CT molecular complexity index is 699. The van der Waals surface area contributed by atoms with E-state index in [0.717, 1.165) is 22.8 Å². The van der Waals surface area contributed by atoms with Gasteiger partial charge in [0.15, 0.2) is 0 Å². The summed E-state index contributed by atoms with van der Waals surface area (Å²) in [4.78, 5) is 17.3. The molecule has 2 aliphatic heterocycles. The lowest BCUT2D eigenvalue weighted by atomic mass is 10.1. The number of hydrogen-bond acceptors (Lipinski definition) is 6. The van der Waals surface area contributed by atoms with E-state index in [2.05, 4.69) is 41.5 Å². The summed E-state index contributed by atoms with van der Waals surface area (Å²) >= 11 is 1.68. The van der Waals surface area contributed by atoms with Gasteiger partial charge in [0.1, 0.15) is 12.2 Å². The lowest BCUT2D eigenvalue weighted by Crippen LogP contribution is -2.42. The predicted molar refractivity (Wildman–Crippen MR) is 119 cm³/mol. The molecular weight excluding hydrogens is 375 g/mol. The van der Waals surface area contributed by atoms with Gasteiger partial charge in [0, 0.05) is 42.8 Å². The zero-order chi connectivity index (χ0) is 20.5. The van der Waals surface area contributed by atoms with Crippen molar-refractivity contribution in [3.8, 4) is 0 Å². The number of methoxy groups -OCH3 is 1. The van der Waals surface area contributed by atoms with Crippen LogP contribution in [-0.2, 0) is 4.74 Å². The molecular formula is C21H31FN4OS. The van der Waals surface area contributed by atoms with Gasteiger partial charge >= 0.3 is 0 Å². The van der Waals surface area contributed by atoms with Crippen molar-refractivity contribution in [3.63, 3.8) is 0 Å². The van der Waals surface area contributed by atoms with Crippen LogP contribution in [0.4, 0.5) is 4.39 Å². The maximum atomic E-state index is 12.8. The highest BCUT2D eigenvalue weighted by Gasteiger charge is 2.35. The molecule has 0 aliphatic carbocycles. The summed E-state index contributed by atoms with van der Waals surface area (Å²) in [6, 6.07) is 0.238. The highest BCUT2D eigenvalue weighted by molar-refractivity contribution is 8.03. The number of allylic oxidation sites excluding steroid dienone is 2. The van der Waals surface area contributed by atoms with Crippen molar-refractivity contribution in [2.45, 2.75) is 58.3 Å². The van der Waals surface area contributed by atoms with Gasteiger partial charge in [-0.15, -0.1) is 11.8 Å². The molecule has 0 amide bonds. The van der Waals surface area contributed by atoms with Crippen molar-refractivity contribution in [2.75, 3.05) is 19.5 Å². The predicted octanol–water partition coefficient (Wildman–Crippen LogP) is 4.78. The first-order valence-electron chi connectivity index (χ1n) is 9.67. The first-order chi connectivity index (χ1) is 13.5. The smallest absolute Gasteiger partial charge is 0.147 e. The van der Waals surface area contributed by atoms with Crippen LogP contribution in [-0.4, -0.2) is 60.8 Å². The monoisotopic (exact) mass is 406 g/mol. The van der Waals surface area contributed by atoms with Gasteiger partial charge in [-0.05, 0) is 38.5 Å². The molecule has 0 fully saturated rings. The maximum absolute atomic E-state index is 12.8. The second-order valence-electron chi connectivity index (χ2n) is 6.90. The van der Waals surface area contributed by atoms with Crippen LogP contribution in [0, 0.1) is 0 Å². The molecule has 0 aromatic heterocycles. The van der Waals surface area contributed by atoms with Crippen LogP contribution >= 0.6 is 11.8 Å². The third kappa shape index (κ3) is 6.14. The number of aliphatic imine (C=N–C) groups is 3. The minimum atomic E-state index is -0.285. The summed E-state index contributed by atoms with van der Waals surface area (Å²) in [6.45, 7) is 10.2. The Morgan fingerprint density at radius 1 is 1.54 bits per heavy atom. The van der Waals surface area contributed by atoms with Gasteiger partial charge < -0.3 is 9.64 Å². The van der Waals surface area contributed by atoms with Crippen molar-refractivity contribution >= 4 is 29.9 Å². The molecule has 0 aromatic rings. The SMILES string of the molecule is C=C(F)CCC1=CN=C(C=NC2C(C)=CN(C(CC)COC)C2/N=C/C)CS1. The van der Waals surface area contributed by atoms with Crippen LogP contribution in [0.2, 0.25) is 0 Å². The minimum Gasteiger partial charge on any atom is -0.383 e. The highest BCUT2D eigenvalue weighted by Crippen LogP contribution is 2.29. The van der Waals surface area contributed by atoms with Crippen LogP contribution < -0.4 is 0 Å². The summed E-state index contributed by atoms with van der Waals surface area (Å²) in [5.41, 5.74) is 2.10. The number of thioether (sulfide) groups is 1. The summed E-state index contributed by atoms with van der Waals surface area (Å²) in [5.74, 6) is 0.461. The van der Waals surface area contributed by atoms with Gasteiger partial charge in [-0.1, -0.05) is 13.5 Å². The Hall–Kier alpha value is -1.73. The fourth-order valence-corrected chi connectivity index (χ4v) is 4.10. The van der Waals surface area contributed by atoms with Crippen molar-refractivity contribution < 1.29 is 9.13 Å². The number of hydrogen-bond donors (Lipinski definition) is 0. The van der Waals surface area contributed by atoms with Gasteiger partial charge in [-0.3, -0.25) is 15.0 Å². The van der Waals surface area contributed by atoms with E-state index in [1.807, 2.05) is 25.6 Å². The van der Waals surface area contributed by atoms with Crippen LogP contribution in [0.1, 0.15) is 40.0 Å². The lowest BCUT2D eigenvalue weighted by Gasteiger charge is -2.32. The van der Waals surface area contributed by atoms with Gasteiger partial charge in [0.2, 0.25) is 0 Å². The van der Waals surface area contributed by atoms with Crippen molar-refractivity contribution in [3.05, 3.63) is 35.3 Å². The summed E-state index contributed by atoms with van der Waals surface area (Å²) in [7, 11) is 1.73. The van der Waals surface area contributed by atoms with Gasteiger partial charge in [-0.25, -0.2) is 4.39 Å². The van der Waals surface area contributed by atoms with Crippen molar-refractivity contribution in [2.24, 2.45) is 15.0 Å². The van der Waals surface area contributed by atoms with Gasteiger partial charge in [0.25, 0.3) is 0 Å². The standard InChI is InChI=1S/C21H31FN4OS/c1-6-18(13-27-5)26-12-15(3)20(21(26)23-7-2)25-10-17-14-28-19(11-24-17)9-8-16(4)22/h7,10-12,18,20-21H,4,6,8-9,13-14H2,1-3,5H3/b23-7+,25-10?. The van der Waals surface area contributed by atoms with E-state index < -0.39 is 0 Å². The molecule has 0 spiro atoms. The molecule has 7 heteroatoms. The normalized spacial score (nSPS) is 23.9. The second-order valence-corrected chi connectivity index (χ2v) is 8.01. The number of halogens is 1. The average Bonchev–Trinajstić information content (AvgIpc) is 2.99. The molecule has 0 bridgehead atoms. The van der Waals surface area contributed by atoms with E-state index in [1.165, 1.54) is 5.57 Å². The maximum Gasteiger partial charge on any atom is 0.147 e. The molecule has 0 saturated carbocycles. The van der Waals surface area contributed by atoms with Crippen LogP contribution in [0.3, 0.4) is 0 Å². The van der Waals surface area contributed by atoms with Crippen molar-refractivity contribution in [1.29, 1.82) is 0 Å². The number of rotatable bonds is 10. The molecule has 3 atom stereocenters. The summed E-state index contributed by atoms with van der Waals surface area (Å²) in [6.07, 6.45) is 9.60. The summed E-state index contributed by atoms with van der Waals surface area (Å²) in [5, 5.41) is 0. The largest absolute Gasteiger partial charge is 0.383 e. The highest BCUT2D eigenvalue weighted by atomic mass is 32.2. The first kappa shape index (κ1) is 22.6. The molecule has 3 unspecified atom stereocenters. The van der Waals surface area contributed by atoms with Crippen LogP contribution in [0.15, 0.2) is 50.3 Å². The van der Waals surface area contributed by atoms with E-state index >= 15 is 0 Å². The van der Waals surface area contributed by atoms with E-state index in [0.29, 0.717) is 19.4 Å². The Kier molecular flexibility index (Phi) is 9.12. The number of ether oxygens (including phenoxy) is 1. The van der Waals surface area contributed by atoms with E-state index in [-0.39, 0.29) is 24.1 Å². The molecule has 154 valence electrons. The zero-order valence-corrected chi connectivity index (χ0v) is 18.1. The molecule has 5 nitrogen and oxygen atoms in total. The average molecular weight is 407 g/mol. The molecule has 0 N–H and O–H groups in total. The van der Waals surface area contributed by atoms with Crippen molar-refractivity contribution in [1.82, 2.24) is 4.90 Å². The minimum absolute atomic E-state index is 0.0324. The fourth-order valence-electron chi connectivity index (χ4n) is 3.25. The molecule has 0 aromatic carbocycles. The Labute approximate surface area is 172 Å². The molecule has 2 heterocycles. The molecule has 0 saturated heterocycles. The molecule has 2 aliphatic rings. The summed E-state index contributed by atoms with van der Waals surface area (Å²) < 4.78 is 18.2. The molecule has 0 radical (unpaired) electrons. The number of nitrogens with zero attached hydrogens (tertiary/aromatic N) is 4. The Balaban J connectivity index is 2.09. The van der Waals surface area contributed by atoms with Gasteiger partial charge in [-0.2, -0.15) is 0 Å². The third-order valence-corrected chi connectivity index (χ3v) is 5.89. The lowest BCUT2D eigenvalue weighted by molar-refractivity contribution is 0.0979.